The molecule has 2 fully saturated rings. The van der Waals surface area contributed by atoms with E-state index in [1.807, 2.05) is 135 Å². The van der Waals surface area contributed by atoms with Crippen LogP contribution in [-0.4, -0.2) is 94.6 Å². The molecule has 4 heterocycles. The summed E-state index contributed by atoms with van der Waals surface area (Å²) < 4.78 is 22.7. The second kappa shape index (κ2) is 25.4. The van der Waals surface area contributed by atoms with Gasteiger partial charge in [-0.25, -0.2) is 9.97 Å². The second-order valence-corrected chi connectivity index (χ2v) is 21.3. The van der Waals surface area contributed by atoms with Crippen LogP contribution < -0.4 is 39.4 Å². The number of carbonyl (C=O) groups excluding carboxylic acids is 2. The fourth-order valence-corrected chi connectivity index (χ4v) is 10.7. The second-order valence-electron chi connectivity index (χ2n) is 21.3. The van der Waals surface area contributed by atoms with Gasteiger partial charge >= 0.3 is 0 Å². The molecule has 0 bridgehead atoms. The number of piperidine rings is 2. The van der Waals surface area contributed by atoms with E-state index in [0.29, 0.717) is 134 Å². The van der Waals surface area contributed by atoms with Crippen molar-refractivity contribution in [1.29, 1.82) is 0 Å². The van der Waals surface area contributed by atoms with Crippen molar-refractivity contribution in [3.05, 3.63) is 168 Å². The van der Waals surface area contributed by atoms with Crippen molar-refractivity contribution in [2.24, 2.45) is 10.8 Å². The van der Waals surface area contributed by atoms with E-state index in [9.17, 15) is 19.8 Å². The van der Waals surface area contributed by atoms with Crippen LogP contribution in [0, 0.1) is 10.8 Å². The Morgan fingerprint density at radius 1 is 0.487 bits per heavy atom. The van der Waals surface area contributed by atoms with Crippen LogP contribution in [0.2, 0.25) is 0 Å². The van der Waals surface area contributed by atoms with E-state index in [2.05, 4.69) is 44.9 Å². The van der Waals surface area contributed by atoms with Gasteiger partial charge in [0.1, 0.15) is 0 Å². The van der Waals surface area contributed by atoms with Crippen molar-refractivity contribution in [3.63, 3.8) is 0 Å². The zero-order chi connectivity index (χ0) is 56.2. The van der Waals surface area contributed by atoms with E-state index in [1.54, 1.807) is 38.5 Å². The summed E-state index contributed by atoms with van der Waals surface area (Å²) in [4.78, 5) is 49.9. The maximum atomic E-state index is 13.7. The molecule has 2 aliphatic heterocycles. The Labute approximate surface area is 468 Å². The van der Waals surface area contributed by atoms with E-state index in [1.165, 1.54) is 0 Å². The average Bonchev–Trinajstić information content (AvgIpc) is 3.47. The number of methoxy groups -OCH3 is 2. The number of amides is 2. The van der Waals surface area contributed by atoms with Gasteiger partial charge in [-0.05, 0) is 101 Å². The Morgan fingerprint density at radius 2 is 0.812 bits per heavy atom. The molecule has 16 heteroatoms. The van der Waals surface area contributed by atoms with Crippen molar-refractivity contribution in [1.82, 2.24) is 30.6 Å². The fourth-order valence-electron chi connectivity index (χ4n) is 10.7. The van der Waals surface area contributed by atoms with Crippen molar-refractivity contribution in [3.8, 4) is 34.8 Å². The summed E-state index contributed by atoms with van der Waals surface area (Å²) in [6.45, 7) is 11.1. The van der Waals surface area contributed by atoms with Crippen molar-refractivity contribution < 1.29 is 38.7 Å². The highest BCUT2D eigenvalue weighted by Crippen LogP contribution is 2.42. The standard InChI is InChI=1S/2C32H36N4O4/c1-22(2)40-28-18-25-26(19-27(28)39-3)34-31(35-29(25)37)36-16-14-32(15-17-36,20-23-10-6-4-7-11-23)30(38)33-21-24-12-8-5-9-13-24;1-22(2)40-28-19-26-25(18-27(28)39-3)29(37)35-31(34-26)36-16-14-32(15-17-36,20-23-10-6-4-7-11-23)30(38)33-21-24-12-8-5-9-13-24/h2*4-13,18-19,22H,14-17,20-21H2,1-3H3,(H,33,38)(H,34,35,37). The number of carbonyl (C=O) groups is 2. The van der Waals surface area contributed by atoms with Crippen LogP contribution >= 0.6 is 0 Å². The minimum absolute atomic E-state index is 0.0471. The van der Waals surface area contributed by atoms with E-state index >= 15 is 0 Å². The molecule has 4 N–H and O–H groups in total. The number of anilines is 2. The number of ether oxygens (including phenoxy) is 4. The summed E-state index contributed by atoms with van der Waals surface area (Å²) in [5.41, 5.74) is 4.43. The predicted molar refractivity (Wildman–Crippen MR) is 312 cm³/mol. The first-order valence-corrected chi connectivity index (χ1v) is 27.5. The molecule has 2 saturated heterocycles. The molecule has 10 rings (SSSR count). The SMILES string of the molecule is COc1cc2c(O)nc(N3CCC(Cc4ccccc4)(C(=O)NCc4ccccc4)CC3)nc2cc1OC(C)C.COc1cc2nc(N3CCC(Cc4ccccc4)(C(=O)NCc4ccccc4)CC3)nc(O)c2cc1OC(C)C. The zero-order valence-electron chi connectivity index (χ0n) is 46.5. The van der Waals surface area contributed by atoms with Crippen molar-refractivity contribution in [2.75, 3.05) is 50.2 Å². The first-order valence-electron chi connectivity index (χ1n) is 27.5. The van der Waals surface area contributed by atoms with E-state index in [-0.39, 0.29) is 35.8 Å². The monoisotopic (exact) mass is 1080 g/mol. The maximum absolute atomic E-state index is 13.7. The van der Waals surface area contributed by atoms with Gasteiger partial charge in [0.2, 0.25) is 35.5 Å². The Balaban J connectivity index is 0.000000194. The summed E-state index contributed by atoms with van der Waals surface area (Å²) in [6, 6.07) is 47.2. The predicted octanol–water partition coefficient (Wildman–Crippen LogP) is 10.6. The fraction of sp³-hybridized carbons (Fsp3) is 0.344. The summed E-state index contributed by atoms with van der Waals surface area (Å²) in [5, 5.41) is 29.0. The normalized spacial score (nSPS) is 14.8. The number of aromatic hydroxyl groups is 2. The number of nitrogens with zero attached hydrogens (tertiary/aromatic N) is 6. The third kappa shape index (κ3) is 13.4. The number of aromatic nitrogens is 4. The maximum Gasteiger partial charge on any atom is 0.229 e. The molecule has 0 aliphatic carbocycles. The molecule has 2 aromatic heterocycles. The summed E-state index contributed by atoms with van der Waals surface area (Å²) >= 11 is 0. The zero-order valence-corrected chi connectivity index (χ0v) is 46.5. The third-order valence-corrected chi connectivity index (χ3v) is 15.0. The van der Waals surface area contributed by atoms with Gasteiger partial charge < -0.3 is 49.6 Å². The number of benzene rings is 6. The molecule has 16 nitrogen and oxygen atoms in total. The largest absolute Gasteiger partial charge is 0.493 e. The van der Waals surface area contributed by atoms with Gasteiger partial charge in [-0.3, -0.25) is 9.59 Å². The number of nitrogens with one attached hydrogen (secondary N) is 2. The van der Waals surface area contributed by atoms with Crippen LogP contribution in [0.15, 0.2) is 146 Å². The average molecular weight is 1080 g/mol. The number of rotatable bonds is 18. The lowest BCUT2D eigenvalue weighted by Gasteiger charge is -2.41. The lowest BCUT2D eigenvalue weighted by Crippen LogP contribution is -2.50. The molecule has 0 spiro atoms. The Bertz CT molecular complexity index is 3350. The van der Waals surface area contributed by atoms with Gasteiger partial charge in [0.15, 0.2) is 23.0 Å². The van der Waals surface area contributed by atoms with Crippen LogP contribution in [-0.2, 0) is 35.5 Å². The molecule has 0 radical (unpaired) electrons. The molecule has 2 aliphatic rings. The molecule has 6 aromatic carbocycles. The van der Waals surface area contributed by atoms with Gasteiger partial charge in [0.05, 0.1) is 59.1 Å². The number of fused-ring (bicyclic) bond motifs is 2. The van der Waals surface area contributed by atoms with E-state index in [4.69, 9.17) is 28.9 Å². The van der Waals surface area contributed by atoms with Crippen LogP contribution in [0.3, 0.4) is 0 Å². The Morgan fingerprint density at radius 3 is 1.18 bits per heavy atom. The van der Waals surface area contributed by atoms with Crippen LogP contribution in [0.1, 0.15) is 75.6 Å². The molecule has 2 amide bonds. The smallest absolute Gasteiger partial charge is 0.229 e. The summed E-state index contributed by atoms with van der Waals surface area (Å²) in [5.74, 6) is 2.90. The quantitative estimate of drug-likeness (QED) is 0.0634. The van der Waals surface area contributed by atoms with Crippen molar-refractivity contribution >= 4 is 45.5 Å². The summed E-state index contributed by atoms with van der Waals surface area (Å²) in [7, 11) is 3.14. The van der Waals surface area contributed by atoms with Gasteiger partial charge in [-0.2, -0.15) is 9.97 Å². The lowest BCUT2D eigenvalue weighted by molar-refractivity contribution is -0.133. The minimum Gasteiger partial charge on any atom is -0.493 e. The highest BCUT2D eigenvalue weighted by Gasteiger charge is 2.43. The summed E-state index contributed by atoms with van der Waals surface area (Å²) in [6.07, 6.45) is 3.75. The van der Waals surface area contributed by atoms with E-state index < -0.39 is 10.8 Å². The number of hydrogen-bond donors (Lipinski definition) is 4. The highest BCUT2D eigenvalue weighted by atomic mass is 16.5. The van der Waals surface area contributed by atoms with Gasteiger partial charge in [-0.1, -0.05) is 121 Å². The molecule has 416 valence electrons. The van der Waals surface area contributed by atoms with Crippen molar-refractivity contribution in [2.45, 2.75) is 91.5 Å². The molecule has 0 atom stereocenters. The van der Waals surface area contributed by atoms with Gasteiger partial charge in [-0.15, -0.1) is 0 Å². The van der Waals surface area contributed by atoms with Gasteiger partial charge in [0, 0.05) is 51.4 Å². The van der Waals surface area contributed by atoms with Gasteiger partial charge in [0.25, 0.3) is 0 Å². The highest BCUT2D eigenvalue weighted by molar-refractivity contribution is 5.89. The molecular formula is C64H72N8O8. The third-order valence-electron chi connectivity index (χ3n) is 15.0. The first kappa shape index (κ1) is 56.1. The number of hydrogen-bond acceptors (Lipinski definition) is 14. The Hall–Kier alpha value is -8.66. The van der Waals surface area contributed by atoms with E-state index in [0.717, 1.165) is 22.3 Å². The van der Waals surface area contributed by atoms with Crippen LogP contribution in [0.5, 0.6) is 34.8 Å². The lowest BCUT2D eigenvalue weighted by atomic mass is 9.73. The topological polar surface area (TPSA) is 194 Å². The molecule has 8 aromatic rings. The molecule has 0 unspecified atom stereocenters. The molecule has 0 saturated carbocycles. The minimum atomic E-state index is -0.558. The molecule has 80 heavy (non-hydrogen) atoms. The molecular weight excluding hydrogens is 1010 g/mol. The Kier molecular flexibility index (Phi) is 17.8. The first-order chi connectivity index (χ1) is 38.7. The van der Waals surface area contributed by atoms with Crippen LogP contribution in [0.4, 0.5) is 11.9 Å². The van der Waals surface area contributed by atoms with Crippen LogP contribution in [0.25, 0.3) is 21.8 Å².